The Hall–Kier alpha value is -1.92. The number of benzene rings is 1. The Morgan fingerprint density at radius 2 is 1.92 bits per heavy atom. The summed E-state index contributed by atoms with van der Waals surface area (Å²) in [5.74, 6) is -0.331. The van der Waals surface area contributed by atoms with E-state index < -0.39 is 0 Å². The van der Waals surface area contributed by atoms with E-state index in [4.69, 9.17) is 4.74 Å². The SMILES string of the molecule is CCOC(=O)CN(C)C(C)C(=O)NC1CCN(Cc2ccccc2)CC1. The minimum Gasteiger partial charge on any atom is -0.465 e. The Morgan fingerprint density at radius 3 is 2.54 bits per heavy atom. The van der Waals surface area contributed by atoms with E-state index in [1.165, 1.54) is 5.56 Å². The molecule has 26 heavy (non-hydrogen) atoms. The first-order valence-electron chi connectivity index (χ1n) is 9.42. The van der Waals surface area contributed by atoms with Crippen LogP contribution in [0.3, 0.4) is 0 Å². The van der Waals surface area contributed by atoms with Crippen LogP contribution in [-0.4, -0.2) is 67.0 Å². The second kappa shape index (κ2) is 10.3. The predicted molar refractivity (Wildman–Crippen MR) is 102 cm³/mol. The summed E-state index contributed by atoms with van der Waals surface area (Å²) in [7, 11) is 1.77. The number of hydrogen-bond donors (Lipinski definition) is 1. The van der Waals surface area contributed by atoms with Crippen LogP contribution in [0.25, 0.3) is 0 Å². The van der Waals surface area contributed by atoms with E-state index in [0.717, 1.165) is 32.5 Å². The normalized spacial score (nSPS) is 17.1. The van der Waals surface area contributed by atoms with E-state index in [2.05, 4.69) is 34.5 Å². The van der Waals surface area contributed by atoms with Crippen LogP contribution in [0, 0.1) is 0 Å². The number of carbonyl (C=O) groups is 2. The molecule has 1 saturated heterocycles. The molecule has 1 unspecified atom stereocenters. The predicted octanol–water partition coefficient (Wildman–Crippen LogP) is 1.65. The summed E-state index contributed by atoms with van der Waals surface area (Å²) in [6.45, 7) is 6.99. The van der Waals surface area contributed by atoms with Gasteiger partial charge in [-0.2, -0.15) is 0 Å². The number of esters is 1. The Balaban J connectivity index is 1.72. The van der Waals surface area contributed by atoms with Crippen molar-refractivity contribution < 1.29 is 14.3 Å². The summed E-state index contributed by atoms with van der Waals surface area (Å²) in [5.41, 5.74) is 1.32. The van der Waals surface area contributed by atoms with Crippen molar-refractivity contribution in [2.75, 3.05) is 33.3 Å². The smallest absolute Gasteiger partial charge is 0.320 e. The van der Waals surface area contributed by atoms with Crippen LogP contribution in [0.5, 0.6) is 0 Å². The third-order valence-corrected chi connectivity index (χ3v) is 4.91. The molecule has 1 aliphatic heterocycles. The third kappa shape index (κ3) is 6.42. The summed E-state index contributed by atoms with van der Waals surface area (Å²) in [4.78, 5) is 28.1. The van der Waals surface area contributed by atoms with E-state index in [1.54, 1.807) is 18.9 Å². The van der Waals surface area contributed by atoms with E-state index in [9.17, 15) is 9.59 Å². The minimum atomic E-state index is -0.359. The van der Waals surface area contributed by atoms with Crippen LogP contribution < -0.4 is 5.32 Å². The van der Waals surface area contributed by atoms with E-state index in [0.29, 0.717) is 6.61 Å². The number of amides is 1. The van der Waals surface area contributed by atoms with Crippen LogP contribution in [-0.2, 0) is 20.9 Å². The molecule has 1 amide bonds. The summed E-state index contributed by atoms with van der Waals surface area (Å²) in [5, 5.41) is 3.13. The van der Waals surface area contributed by atoms with Gasteiger partial charge < -0.3 is 10.1 Å². The number of ether oxygens (including phenoxy) is 1. The molecule has 1 atom stereocenters. The van der Waals surface area contributed by atoms with Gasteiger partial charge in [0, 0.05) is 25.7 Å². The van der Waals surface area contributed by atoms with Crippen LogP contribution in [0.15, 0.2) is 30.3 Å². The zero-order valence-electron chi connectivity index (χ0n) is 16.1. The lowest BCUT2D eigenvalue weighted by Crippen LogP contribution is -2.51. The first kappa shape index (κ1) is 20.4. The average Bonchev–Trinajstić information content (AvgIpc) is 2.63. The number of piperidine rings is 1. The highest BCUT2D eigenvalue weighted by Gasteiger charge is 2.25. The molecule has 0 spiro atoms. The van der Waals surface area contributed by atoms with E-state index in [-0.39, 0.29) is 30.5 Å². The highest BCUT2D eigenvalue weighted by Crippen LogP contribution is 2.14. The summed E-state index contributed by atoms with van der Waals surface area (Å²) in [6.07, 6.45) is 1.90. The zero-order chi connectivity index (χ0) is 18.9. The van der Waals surface area contributed by atoms with Gasteiger partial charge in [0.15, 0.2) is 0 Å². The molecular weight excluding hydrogens is 330 g/mol. The van der Waals surface area contributed by atoms with Crippen molar-refractivity contribution in [1.82, 2.24) is 15.1 Å². The quantitative estimate of drug-likeness (QED) is 0.714. The van der Waals surface area contributed by atoms with Crippen molar-refractivity contribution in [2.45, 2.75) is 45.3 Å². The first-order valence-corrected chi connectivity index (χ1v) is 9.42. The summed E-state index contributed by atoms with van der Waals surface area (Å²) < 4.78 is 4.94. The number of hydrogen-bond acceptors (Lipinski definition) is 5. The van der Waals surface area contributed by atoms with Crippen molar-refractivity contribution in [2.24, 2.45) is 0 Å². The molecule has 1 aromatic rings. The first-order chi connectivity index (χ1) is 12.5. The van der Waals surface area contributed by atoms with Gasteiger partial charge in [-0.25, -0.2) is 0 Å². The van der Waals surface area contributed by atoms with Gasteiger partial charge in [0.25, 0.3) is 0 Å². The molecule has 1 heterocycles. The molecule has 6 heteroatoms. The molecule has 6 nitrogen and oxygen atoms in total. The van der Waals surface area contributed by atoms with Gasteiger partial charge in [-0.1, -0.05) is 30.3 Å². The zero-order valence-corrected chi connectivity index (χ0v) is 16.1. The Morgan fingerprint density at radius 1 is 1.27 bits per heavy atom. The fourth-order valence-corrected chi connectivity index (χ4v) is 3.15. The van der Waals surface area contributed by atoms with Crippen LogP contribution in [0.4, 0.5) is 0 Å². The van der Waals surface area contributed by atoms with Gasteiger partial charge >= 0.3 is 5.97 Å². The van der Waals surface area contributed by atoms with Gasteiger partial charge in [-0.3, -0.25) is 19.4 Å². The lowest BCUT2D eigenvalue weighted by Gasteiger charge is -2.33. The summed E-state index contributed by atoms with van der Waals surface area (Å²) >= 11 is 0. The molecule has 0 aliphatic carbocycles. The monoisotopic (exact) mass is 361 g/mol. The molecule has 0 aromatic heterocycles. The maximum Gasteiger partial charge on any atom is 0.320 e. The number of likely N-dealkylation sites (tertiary alicyclic amines) is 1. The van der Waals surface area contributed by atoms with E-state index in [1.807, 2.05) is 13.0 Å². The molecule has 144 valence electrons. The standard InChI is InChI=1S/C20H31N3O3/c1-4-26-19(24)15-22(3)16(2)20(25)21-18-10-12-23(13-11-18)14-17-8-6-5-7-9-17/h5-9,16,18H,4,10-15H2,1-3H3,(H,21,25). The van der Waals surface area contributed by atoms with Crippen molar-refractivity contribution in [3.05, 3.63) is 35.9 Å². The number of nitrogens with one attached hydrogen (secondary N) is 1. The molecule has 0 saturated carbocycles. The van der Waals surface area contributed by atoms with Crippen LogP contribution >= 0.6 is 0 Å². The topological polar surface area (TPSA) is 61.9 Å². The van der Waals surface area contributed by atoms with Crippen molar-refractivity contribution >= 4 is 11.9 Å². The molecular formula is C20H31N3O3. The second-order valence-electron chi connectivity index (χ2n) is 6.94. The van der Waals surface area contributed by atoms with Crippen molar-refractivity contribution in [3.63, 3.8) is 0 Å². The van der Waals surface area contributed by atoms with Crippen LogP contribution in [0.1, 0.15) is 32.3 Å². The molecule has 1 aliphatic rings. The third-order valence-electron chi connectivity index (χ3n) is 4.91. The average molecular weight is 361 g/mol. The number of rotatable bonds is 8. The maximum absolute atomic E-state index is 12.4. The lowest BCUT2D eigenvalue weighted by molar-refractivity contribution is -0.145. The molecule has 1 aromatic carbocycles. The van der Waals surface area contributed by atoms with E-state index >= 15 is 0 Å². The fraction of sp³-hybridized carbons (Fsp3) is 0.600. The number of likely N-dealkylation sites (N-methyl/N-ethyl adjacent to an activating group) is 1. The summed E-state index contributed by atoms with van der Waals surface area (Å²) in [6, 6.07) is 10.3. The van der Waals surface area contributed by atoms with Crippen LogP contribution in [0.2, 0.25) is 0 Å². The minimum absolute atomic E-state index is 0.0293. The highest BCUT2D eigenvalue weighted by molar-refractivity contribution is 5.82. The lowest BCUT2D eigenvalue weighted by atomic mass is 10.0. The fourth-order valence-electron chi connectivity index (χ4n) is 3.15. The Labute approximate surface area is 156 Å². The Bertz CT molecular complexity index is 571. The van der Waals surface area contributed by atoms with Crippen molar-refractivity contribution in [1.29, 1.82) is 0 Å². The molecule has 0 radical (unpaired) electrons. The number of carbonyl (C=O) groups excluding carboxylic acids is 2. The number of nitrogens with zero attached hydrogens (tertiary/aromatic N) is 2. The largest absolute Gasteiger partial charge is 0.465 e. The van der Waals surface area contributed by atoms with Crippen molar-refractivity contribution in [3.8, 4) is 0 Å². The highest BCUT2D eigenvalue weighted by atomic mass is 16.5. The van der Waals surface area contributed by atoms with Gasteiger partial charge in [0.2, 0.25) is 5.91 Å². The maximum atomic E-state index is 12.4. The molecule has 0 bridgehead atoms. The Kier molecular flexibility index (Phi) is 8.06. The molecule has 2 rings (SSSR count). The van der Waals surface area contributed by atoms with Gasteiger partial charge in [0.1, 0.15) is 0 Å². The second-order valence-corrected chi connectivity index (χ2v) is 6.94. The molecule has 1 fully saturated rings. The van der Waals surface area contributed by atoms with Gasteiger partial charge in [-0.05, 0) is 39.3 Å². The molecule has 1 N–H and O–H groups in total. The van der Waals surface area contributed by atoms with Gasteiger partial charge in [0.05, 0.1) is 19.2 Å². The van der Waals surface area contributed by atoms with Gasteiger partial charge in [-0.15, -0.1) is 0 Å².